The zero-order valence-electron chi connectivity index (χ0n) is 19.9. The summed E-state index contributed by atoms with van der Waals surface area (Å²) in [5.74, 6) is -2.78. The van der Waals surface area contributed by atoms with Gasteiger partial charge in [-0.2, -0.15) is 0 Å². The third-order valence-electron chi connectivity index (χ3n) is 7.11. The Morgan fingerprint density at radius 3 is 2.28 bits per heavy atom. The molecule has 36 heavy (non-hydrogen) atoms. The third kappa shape index (κ3) is 3.61. The highest BCUT2D eigenvalue weighted by Crippen LogP contribution is 2.52. The van der Waals surface area contributed by atoms with Gasteiger partial charge in [0.25, 0.3) is 0 Å². The first-order valence-corrected chi connectivity index (χ1v) is 11.6. The number of aromatic hydroxyl groups is 1. The molecule has 0 radical (unpaired) electrons. The van der Waals surface area contributed by atoms with E-state index < -0.39 is 41.2 Å². The number of nitrogens with one attached hydrogen (secondary N) is 1. The van der Waals surface area contributed by atoms with Gasteiger partial charge in [-0.1, -0.05) is 48.5 Å². The number of anilines is 1. The van der Waals surface area contributed by atoms with Crippen molar-refractivity contribution in [3.05, 3.63) is 90.0 Å². The lowest BCUT2D eigenvalue weighted by Crippen LogP contribution is -2.57. The quantitative estimate of drug-likeness (QED) is 0.408. The van der Waals surface area contributed by atoms with Gasteiger partial charge in [0.2, 0.25) is 11.8 Å². The van der Waals surface area contributed by atoms with E-state index in [2.05, 4.69) is 5.32 Å². The first kappa shape index (κ1) is 23.6. The predicted molar refractivity (Wildman–Crippen MR) is 131 cm³/mol. The van der Waals surface area contributed by atoms with E-state index in [9.17, 15) is 19.5 Å². The summed E-state index contributed by atoms with van der Waals surface area (Å²) in [6.45, 7) is 0. The molecule has 2 N–H and O–H groups in total. The fourth-order valence-corrected chi connectivity index (χ4v) is 5.57. The summed E-state index contributed by atoms with van der Waals surface area (Å²) in [6, 6.07) is 21.7. The number of phenols is 1. The molecule has 184 valence electrons. The van der Waals surface area contributed by atoms with E-state index >= 15 is 0 Å². The smallest absolute Gasteiger partial charge is 0.327 e. The standard InChI is InChI=1S/C28H26N2O6/c1-35-21-11-7-6-10-20(21)24-22-23(26(33)30(25(22)32)18-8-4-3-5-9-18)28(29-24,27(34)36-2)16-17-12-14-19(31)15-13-17/h3-15,22-24,29,31H,16H2,1-2H3/t22-,23+,24+,28+/m0/s1. The highest BCUT2D eigenvalue weighted by atomic mass is 16.5. The van der Waals surface area contributed by atoms with E-state index in [1.807, 2.05) is 18.2 Å². The molecule has 4 atom stereocenters. The fraction of sp³-hybridized carbons (Fsp3) is 0.250. The summed E-state index contributed by atoms with van der Waals surface area (Å²) in [7, 11) is 2.80. The van der Waals surface area contributed by atoms with Crippen molar-refractivity contribution in [3.8, 4) is 11.5 Å². The molecular formula is C28H26N2O6. The number of nitrogens with zero attached hydrogens (tertiary/aromatic N) is 1. The average Bonchev–Trinajstić information content (AvgIpc) is 3.39. The summed E-state index contributed by atoms with van der Waals surface area (Å²) in [5, 5.41) is 13.1. The minimum Gasteiger partial charge on any atom is -0.508 e. The first-order chi connectivity index (χ1) is 17.4. The number of ether oxygens (including phenoxy) is 2. The molecule has 2 fully saturated rings. The van der Waals surface area contributed by atoms with Crippen molar-refractivity contribution < 1.29 is 29.0 Å². The zero-order chi connectivity index (χ0) is 25.4. The molecule has 2 amide bonds. The van der Waals surface area contributed by atoms with E-state index in [-0.39, 0.29) is 12.2 Å². The molecule has 3 aromatic rings. The topological polar surface area (TPSA) is 105 Å². The summed E-state index contributed by atoms with van der Waals surface area (Å²) in [4.78, 5) is 42.6. The molecule has 0 aliphatic carbocycles. The number of benzene rings is 3. The number of hydrogen-bond acceptors (Lipinski definition) is 7. The number of hydrogen-bond donors (Lipinski definition) is 2. The normalized spacial score (nSPS) is 25.1. The van der Waals surface area contributed by atoms with Gasteiger partial charge in [0, 0.05) is 18.0 Å². The van der Waals surface area contributed by atoms with Crippen LogP contribution in [0.1, 0.15) is 17.2 Å². The van der Waals surface area contributed by atoms with Gasteiger partial charge >= 0.3 is 5.97 Å². The molecule has 2 heterocycles. The van der Waals surface area contributed by atoms with Crippen molar-refractivity contribution in [1.82, 2.24) is 5.32 Å². The lowest BCUT2D eigenvalue weighted by molar-refractivity contribution is -0.152. The van der Waals surface area contributed by atoms with Crippen LogP contribution in [0.5, 0.6) is 11.5 Å². The number of carbonyl (C=O) groups excluding carboxylic acids is 3. The summed E-state index contributed by atoms with van der Waals surface area (Å²) < 4.78 is 10.8. The zero-order valence-corrected chi connectivity index (χ0v) is 19.9. The summed E-state index contributed by atoms with van der Waals surface area (Å²) in [6.07, 6.45) is 0.0778. The fourth-order valence-electron chi connectivity index (χ4n) is 5.57. The minimum absolute atomic E-state index is 0.0778. The maximum atomic E-state index is 14.0. The van der Waals surface area contributed by atoms with Gasteiger partial charge in [0.05, 0.1) is 31.7 Å². The molecule has 2 saturated heterocycles. The second kappa shape index (κ2) is 9.13. The van der Waals surface area contributed by atoms with Crippen LogP contribution in [0.4, 0.5) is 5.69 Å². The van der Waals surface area contributed by atoms with Crippen molar-refractivity contribution in [2.75, 3.05) is 19.1 Å². The van der Waals surface area contributed by atoms with Crippen molar-refractivity contribution in [2.45, 2.75) is 18.0 Å². The van der Waals surface area contributed by atoms with Crippen LogP contribution in [0.2, 0.25) is 0 Å². The Kier molecular flexibility index (Phi) is 5.97. The maximum absolute atomic E-state index is 14.0. The van der Waals surface area contributed by atoms with Gasteiger partial charge in [0.1, 0.15) is 17.0 Å². The van der Waals surface area contributed by atoms with Crippen molar-refractivity contribution >= 4 is 23.5 Å². The summed E-state index contributed by atoms with van der Waals surface area (Å²) in [5.41, 5.74) is 0.285. The Hall–Kier alpha value is -4.17. The minimum atomic E-state index is -1.53. The number of rotatable bonds is 6. The number of imide groups is 1. The van der Waals surface area contributed by atoms with Gasteiger partial charge in [-0.15, -0.1) is 0 Å². The first-order valence-electron chi connectivity index (χ1n) is 11.6. The van der Waals surface area contributed by atoms with Crippen LogP contribution in [-0.4, -0.2) is 42.6 Å². The largest absolute Gasteiger partial charge is 0.508 e. The molecule has 0 aromatic heterocycles. The Bertz CT molecular complexity index is 1310. The number of para-hydroxylation sites is 2. The van der Waals surface area contributed by atoms with Gasteiger partial charge in [-0.3, -0.25) is 19.7 Å². The monoisotopic (exact) mass is 486 g/mol. The van der Waals surface area contributed by atoms with Crippen LogP contribution >= 0.6 is 0 Å². The van der Waals surface area contributed by atoms with Crippen LogP contribution in [0.15, 0.2) is 78.9 Å². The molecule has 0 spiro atoms. The molecule has 0 bridgehead atoms. The Balaban J connectivity index is 1.69. The van der Waals surface area contributed by atoms with E-state index in [0.717, 1.165) is 0 Å². The molecule has 3 aromatic carbocycles. The highest BCUT2D eigenvalue weighted by Gasteiger charge is 2.69. The number of methoxy groups -OCH3 is 2. The summed E-state index contributed by atoms with van der Waals surface area (Å²) >= 11 is 0. The van der Waals surface area contributed by atoms with Crippen LogP contribution < -0.4 is 15.0 Å². The third-order valence-corrected chi connectivity index (χ3v) is 7.11. The van der Waals surface area contributed by atoms with E-state index in [4.69, 9.17) is 9.47 Å². The van der Waals surface area contributed by atoms with E-state index in [1.54, 1.807) is 48.5 Å². The van der Waals surface area contributed by atoms with E-state index in [0.29, 0.717) is 22.6 Å². The Morgan fingerprint density at radius 2 is 1.61 bits per heavy atom. The molecular weight excluding hydrogens is 460 g/mol. The molecule has 8 nitrogen and oxygen atoms in total. The number of phenolic OH excluding ortho intramolecular Hbond substituents is 1. The Morgan fingerprint density at radius 1 is 0.944 bits per heavy atom. The predicted octanol–water partition coefficient (Wildman–Crippen LogP) is 3.01. The lowest BCUT2D eigenvalue weighted by Gasteiger charge is -2.33. The van der Waals surface area contributed by atoms with Crippen LogP contribution in [-0.2, 0) is 25.5 Å². The second-order valence-electron chi connectivity index (χ2n) is 9.02. The number of esters is 1. The van der Waals surface area contributed by atoms with Crippen LogP contribution in [0.25, 0.3) is 0 Å². The second-order valence-corrected chi connectivity index (χ2v) is 9.02. The van der Waals surface area contributed by atoms with Gasteiger partial charge < -0.3 is 14.6 Å². The van der Waals surface area contributed by atoms with Gasteiger partial charge in [-0.25, -0.2) is 4.90 Å². The molecule has 0 saturated carbocycles. The molecule has 5 rings (SSSR count). The number of fused-ring (bicyclic) bond motifs is 1. The van der Waals surface area contributed by atoms with Crippen molar-refractivity contribution in [2.24, 2.45) is 11.8 Å². The molecule has 8 heteroatoms. The van der Waals surface area contributed by atoms with Gasteiger partial charge in [-0.05, 0) is 35.9 Å². The van der Waals surface area contributed by atoms with E-state index in [1.165, 1.54) is 31.3 Å². The maximum Gasteiger partial charge on any atom is 0.327 e. The lowest BCUT2D eigenvalue weighted by atomic mass is 9.76. The van der Waals surface area contributed by atoms with Crippen molar-refractivity contribution in [1.29, 1.82) is 0 Å². The van der Waals surface area contributed by atoms with Crippen LogP contribution in [0, 0.1) is 11.8 Å². The highest BCUT2D eigenvalue weighted by molar-refractivity contribution is 6.24. The van der Waals surface area contributed by atoms with Crippen molar-refractivity contribution in [3.63, 3.8) is 0 Å². The number of amides is 2. The number of carbonyl (C=O) groups is 3. The molecule has 0 unspecified atom stereocenters. The average molecular weight is 487 g/mol. The van der Waals surface area contributed by atoms with Crippen LogP contribution in [0.3, 0.4) is 0 Å². The van der Waals surface area contributed by atoms with Gasteiger partial charge in [0.15, 0.2) is 0 Å². The SMILES string of the molecule is COC(=O)[C@]1(Cc2ccc(O)cc2)N[C@H](c2ccccc2OC)[C@H]2C(=O)N(c3ccccc3)C(=O)[C@@H]21. The molecule has 2 aliphatic heterocycles. The Labute approximate surface area is 208 Å². The molecule has 2 aliphatic rings.